The molecule has 0 saturated carbocycles. The van der Waals surface area contributed by atoms with Crippen LogP contribution in [0.25, 0.3) is 11.0 Å². The van der Waals surface area contributed by atoms with Crippen molar-refractivity contribution in [1.82, 2.24) is 15.4 Å². The minimum Gasteiger partial charge on any atom is -0.452 e. The lowest BCUT2D eigenvalue weighted by molar-refractivity contribution is -0.384. The van der Waals surface area contributed by atoms with Crippen LogP contribution < -0.4 is 11.0 Å². The van der Waals surface area contributed by atoms with Gasteiger partial charge in [-0.3, -0.25) is 14.9 Å². The fourth-order valence-corrected chi connectivity index (χ4v) is 2.74. The van der Waals surface area contributed by atoms with Gasteiger partial charge in [0, 0.05) is 17.2 Å². The van der Waals surface area contributed by atoms with Gasteiger partial charge in [0.25, 0.3) is 11.2 Å². The zero-order chi connectivity index (χ0) is 21.8. The molecular weight excluding hydrogens is 418 g/mol. The molecule has 0 radical (unpaired) electrons. The van der Waals surface area contributed by atoms with E-state index in [0.29, 0.717) is 16.1 Å². The number of carbonyl (C=O) groups excluding carboxylic acids is 1. The molecule has 1 amide bonds. The Hall–Kier alpha value is -3.83. The van der Waals surface area contributed by atoms with Crippen LogP contribution in [0.4, 0.5) is 10.5 Å². The van der Waals surface area contributed by atoms with Crippen LogP contribution in [-0.4, -0.2) is 38.9 Å². The van der Waals surface area contributed by atoms with Crippen molar-refractivity contribution in [2.45, 2.75) is 6.10 Å². The lowest BCUT2D eigenvalue weighted by Crippen LogP contribution is -2.29. The van der Waals surface area contributed by atoms with Crippen LogP contribution in [0, 0.1) is 10.1 Å². The van der Waals surface area contributed by atoms with Crippen molar-refractivity contribution in [1.29, 1.82) is 0 Å². The van der Waals surface area contributed by atoms with Gasteiger partial charge in [-0.2, -0.15) is 5.10 Å². The Bertz CT molecular complexity index is 1210. The molecule has 2 aromatic carbocycles. The second-order valence-corrected chi connectivity index (χ2v) is 6.36. The van der Waals surface area contributed by atoms with E-state index < -0.39 is 22.7 Å². The van der Waals surface area contributed by atoms with Gasteiger partial charge in [0.2, 0.25) is 0 Å². The Balaban J connectivity index is 2.11. The summed E-state index contributed by atoms with van der Waals surface area (Å²) in [5.74, 6) is 0. The molecule has 3 N–H and O–H groups in total. The molecule has 0 aliphatic heterocycles. The van der Waals surface area contributed by atoms with E-state index in [2.05, 4.69) is 19.8 Å². The number of nitrogens with zero attached hydrogens (tertiary/aromatic N) is 3. The molecule has 30 heavy (non-hydrogen) atoms. The quantitative estimate of drug-likeness (QED) is 0.317. The van der Waals surface area contributed by atoms with Gasteiger partial charge in [-0.05, 0) is 35.9 Å². The normalized spacial score (nSPS) is 12.4. The van der Waals surface area contributed by atoms with Crippen LogP contribution >= 0.6 is 11.6 Å². The lowest BCUT2D eigenvalue weighted by atomic mass is 10.0. The van der Waals surface area contributed by atoms with E-state index in [1.54, 1.807) is 12.1 Å². The molecule has 1 aromatic heterocycles. The highest BCUT2D eigenvalue weighted by Crippen LogP contribution is 2.22. The molecule has 11 nitrogen and oxygen atoms in total. The summed E-state index contributed by atoms with van der Waals surface area (Å²) >= 11 is 5.92. The predicted molar refractivity (Wildman–Crippen MR) is 108 cm³/mol. The smallest absolute Gasteiger partial charge is 0.427 e. The largest absolute Gasteiger partial charge is 0.452 e. The van der Waals surface area contributed by atoms with E-state index in [4.69, 9.17) is 11.6 Å². The van der Waals surface area contributed by atoms with Crippen LogP contribution in [0.1, 0.15) is 17.4 Å². The summed E-state index contributed by atoms with van der Waals surface area (Å²) in [5, 5.41) is 25.8. The van der Waals surface area contributed by atoms with Gasteiger partial charge < -0.3 is 14.8 Å². The van der Waals surface area contributed by atoms with Crippen LogP contribution in [0.15, 0.2) is 52.4 Å². The number of methoxy groups -OCH3 is 1. The number of non-ortho nitro benzene ring substituents is 1. The molecule has 1 atom stereocenters. The van der Waals surface area contributed by atoms with Gasteiger partial charge in [-0.15, -0.1) is 0 Å². The van der Waals surface area contributed by atoms with Gasteiger partial charge in [0.1, 0.15) is 11.8 Å². The first-order valence-electron chi connectivity index (χ1n) is 8.34. The van der Waals surface area contributed by atoms with Crippen molar-refractivity contribution in [2.75, 3.05) is 7.11 Å². The molecule has 0 aliphatic rings. The summed E-state index contributed by atoms with van der Waals surface area (Å²) in [7, 11) is 1.11. The minimum atomic E-state index is -1.54. The Morgan fingerprint density at radius 3 is 2.67 bits per heavy atom. The molecule has 3 rings (SSSR count). The van der Waals surface area contributed by atoms with Crippen LogP contribution in [0.2, 0.25) is 5.02 Å². The number of hydrogen-bond donors (Lipinski definition) is 3. The highest BCUT2D eigenvalue weighted by atomic mass is 35.5. The number of benzene rings is 2. The molecule has 12 heteroatoms. The monoisotopic (exact) mass is 431 g/mol. The zero-order valence-electron chi connectivity index (χ0n) is 15.3. The Morgan fingerprint density at radius 1 is 1.33 bits per heavy atom. The average Bonchev–Trinajstić information content (AvgIpc) is 2.73. The number of nitro benzene ring substituents is 1. The SMILES string of the molecule is COC(=O)N/N=C(/c1nc2ccc(Cl)cc2[nH]c1=O)[C@H](O)c1ccc([N+](=O)[O-])cc1. The number of rotatable bonds is 5. The number of ether oxygens (including phenoxy) is 1. The topological polar surface area (TPSA) is 160 Å². The molecule has 3 aromatic rings. The van der Waals surface area contributed by atoms with E-state index in [-0.39, 0.29) is 22.7 Å². The Labute approximate surface area is 173 Å². The predicted octanol–water partition coefficient (Wildman–Crippen LogP) is 2.28. The van der Waals surface area contributed by atoms with E-state index in [0.717, 1.165) is 7.11 Å². The average molecular weight is 432 g/mol. The summed E-state index contributed by atoms with van der Waals surface area (Å²) < 4.78 is 4.44. The molecule has 0 spiro atoms. The highest BCUT2D eigenvalue weighted by molar-refractivity contribution is 6.31. The lowest BCUT2D eigenvalue weighted by Gasteiger charge is -2.14. The number of carbonyl (C=O) groups is 1. The maximum atomic E-state index is 12.6. The van der Waals surface area contributed by atoms with E-state index in [1.807, 2.05) is 5.43 Å². The number of aromatic amines is 1. The van der Waals surface area contributed by atoms with E-state index in [9.17, 15) is 24.8 Å². The van der Waals surface area contributed by atoms with Crippen molar-refractivity contribution in [3.63, 3.8) is 0 Å². The minimum absolute atomic E-state index is 0.184. The standard InChI is InChI=1S/C18H14ClN5O6/c1-30-18(27)23-22-14(16(25)9-2-5-11(6-3-9)24(28)29)15-17(26)21-13-8-10(19)4-7-12(13)20-15/h2-8,16,25H,1H3,(H,21,26)(H,23,27)/b22-14-/t16-/m1/s1. The summed E-state index contributed by atoms with van der Waals surface area (Å²) in [6.07, 6.45) is -2.48. The zero-order valence-corrected chi connectivity index (χ0v) is 16.1. The summed E-state index contributed by atoms with van der Waals surface area (Å²) in [6, 6.07) is 9.59. The molecule has 0 aliphatic carbocycles. The van der Waals surface area contributed by atoms with E-state index in [1.165, 1.54) is 30.3 Å². The Kier molecular flexibility index (Phi) is 6.04. The number of halogens is 1. The number of nitrogens with one attached hydrogen (secondary N) is 2. The fraction of sp³-hybridized carbons (Fsp3) is 0.111. The molecular formula is C18H14ClN5O6. The number of amides is 1. The van der Waals surface area contributed by atoms with E-state index >= 15 is 0 Å². The van der Waals surface area contributed by atoms with Crippen LogP contribution in [0.3, 0.4) is 0 Å². The number of hydrazone groups is 1. The number of hydrogen-bond acceptors (Lipinski definition) is 8. The Morgan fingerprint density at radius 2 is 2.03 bits per heavy atom. The number of nitro groups is 1. The molecule has 0 saturated heterocycles. The number of aliphatic hydroxyl groups is 1. The summed E-state index contributed by atoms with van der Waals surface area (Å²) in [6.45, 7) is 0. The first-order valence-corrected chi connectivity index (χ1v) is 8.72. The number of H-pyrrole nitrogens is 1. The van der Waals surface area contributed by atoms with Crippen molar-refractivity contribution in [2.24, 2.45) is 5.10 Å². The number of fused-ring (bicyclic) bond motifs is 1. The maximum absolute atomic E-state index is 12.6. The second-order valence-electron chi connectivity index (χ2n) is 5.93. The molecule has 154 valence electrons. The molecule has 0 bridgehead atoms. The van der Waals surface area contributed by atoms with Crippen LogP contribution in [0.5, 0.6) is 0 Å². The molecule has 1 heterocycles. The van der Waals surface area contributed by atoms with Gasteiger partial charge >= 0.3 is 6.09 Å². The first kappa shape index (κ1) is 20.9. The third-order valence-corrected chi connectivity index (χ3v) is 4.26. The third kappa shape index (κ3) is 4.42. The fourth-order valence-electron chi connectivity index (χ4n) is 2.56. The highest BCUT2D eigenvalue weighted by Gasteiger charge is 2.23. The van der Waals surface area contributed by atoms with Gasteiger partial charge in [-0.1, -0.05) is 11.6 Å². The molecule has 0 unspecified atom stereocenters. The summed E-state index contributed by atoms with van der Waals surface area (Å²) in [5.41, 5.74) is 1.49. The molecule has 0 fully saturated rings. The van der Waals surface area contributed by atoms with Gasteiger partial charge in [0.15, 0.2) is 5.69 Å². The first-order chi connectivity index (χ1) is 14.3. The number of aliphatic hydroxyl groups excluding tert-OH is 1. The maximum Gasteiger partial charge on any atom is 0.427 e. The third-order valence-electron chi connectivity index (χ3n) is 4.03. The van der Waals surface area contributed by atoms with Crippen molar-refractivity contribution >= 4 is 40.1 Å². The van der Waals surface area contributed by atoms with Gasteiger partial charge in [-0.25, -0.2) is 15.2 Å². The number of aromatic nitrogens is 2. The second kappa shape index (κ2) is 8.68. The van der Waals surface area contributed by atoms with Gasteiger partial charge in [0.05, 0.1) is 23.1 Å². The van der Waals surface area contributed by atoms with Crippen molar-refractivity contribution in [3.8, 4) is 0 Å². The van der Waals surface area contributed by atoms with Crippen LogP contribution in [-0.2, 0) is 4.74 Å². The summed E-state index contributed by atoms with van der Waals surface area (Å²) in [4.78, 5) is 41.1. The van der Waals surface area contributed by atoms with Crippen molar-refractivity contribution in [3.05, 3.63) is 79.2 Å². The van der Waals surface area contributed by atoms with Crippen molar-refractivity contribution < 1.29 is 19.6 Å².